The van der Waals surface area contributed by atoms with Gasteiger partial charge in [-0.3, -0.25) is 4.99 Å². The van der Waals surface area contributed by atoms with Gasteiger partial charge in [0.2, 0.25) is 0 Å². The highest BCUT2D eigenvalue weighted by Gasteiger charge is 2.32. The van der Waals surface area contributed by atoms with Gasteiger partial charge in [0.05, 0.1) is 12.7 Å². The summed E-state index contributed by atoms with van der Waals surface area (Å²) in [5.41, 5.74) is 0.477. The van der Waals surface area contributed by atoms with Crippen molar-refractivity contribution in [2.75, 3.05) is 39.4 Å². The molecule has 1 N–H and O–H groups in total. The van der Waals surface area contributed by atoms with Crippen LogP contribution < -0.4 is 5.32 Å². The molecule has 0 aliphatic carbocycles. The van der Waals surface area contributed by atoms with Crippen LogP contribution in [0.2, 0.25) is 0 Å². The smallest absolute Gasteiger partial charge is 0.194 e. The van der Waals surface area contributed by atoms with Gasteiger partial charge in [-0.25, -0.2) is 8.78 Å². The number of hydrogen-bond acceptors (Lipinski definition) is 3. The van der Waals surface area contributed by atoms with Gasteiger partial charge >= 0.3 is 0 Å². The van der Waals surface area contributed by atoms with E-state index in [1.54, 1.807) is 0 Å². The van der Waals surface area contributed by atoms with Gasteiger partial charge in [-0.2, -0.15) is 0 Å². The Morgan fingerprint density at radius 2 is 2.07 bits per heavy atom. The summed E-state index contributed by atoms with van der Waals surface area (Å²) < 4.78 is 38.4. The molecule has 2 unspecified atom stereocenters. The lowest BCUT2D eigenvalue weighted by molar-refractivity contribution is -0.0817. The molecule has 0 aromatic heterocycles. The van der Waals surface area contributed by atoms with Crippen LogP contribution in [0.4, 0.5) is 8.78 Å². The summed E-state index contributed by atoms with van der Waals surface area (Å²) in [7, 11) is 0. The third-order valence-electron chi connectivity index (χ3n) is 4.77. The van der Waals surface area contributed by atoms with E-state index in [0.717, 1.165) is 51.1 Å². The van der Waals surface area contributed by atoms with Crippen LogP contribution >= 0.6 is 24.0 Å². The van der Waals surface area contributed by atoms with Crippen molar-refractivity contribution in [1.82, 2.24) is 10.2 Å². The fourth-order valence-electron chi connectivity index (χ4n) is 3.42. The third kappa shape index (κ3) is 6.25. The third-order valence-corrected chi connectivity index (χ3v) is 4.77. The van der Waals surface area contributed by atoms with Gasteiger partial charge in [0, 0.05) is 38.9 Å². The topological polar surface area (TPSA) is 46.1 Å². The van der Waals surface area contributed by atoms with Gasteiger partial charge in [-0.05, 0) is 37.8 Å². The monoisotopic (exact) mass is 495 g/mol. The highest BCUT2D eigenvalue weighted by atomic mass is 127. The van der Waals surface area contributed by atoms with E-state index in [4.69, 9.17) is 9.47 Å². The van der Waals surface area contributed by atoms with E-state index in [2.05, 4.69) is 15.2 Å². The molecule has 2 aliphatic heterocycles. The molecule has 27 heavy (non-hydrogen) atoms. The van der Waals surface area contributed by atoms with Crippen molar-refractivity contribution >= 4 is 29.9 Å². The average Bonchev–Trinajstić information content (AvgIpc) is 3.17. The van der Waals surface area contributed by atoms with Crippen molar-refractivity contribution in [3.63, 3.8) is 0 Å². The zero-order chi connectivity index (χ0) is 18.4. The van der Waals surface area contributed by atoms with E-state index in [1.165, 1.54) is 12.1 Å². The van der Waals surface area contributed by atoms with Crippen molar-refractivity contribution < 1.29 is 18.3 Å². The fraction of sp³-hybridized carbons (Fsp3) is 0.632. The minimum atomic E-state index is -0.559. The Kier molecular flexibility index (Phi) is 9.17. The fourth-order valence-corrected chi connectivity index (χ4v) is 3.42. The summed E-state index contributed by atoms with van der Waals surface area (Å²) in [6.07, 6.45) is 2.77. The largest absolute Gasteiger partial charge is 0.375 e. The zero-order valence-corrected chi connectivity index (χ0v) is 18.0. The minimum absolute atomic E-state index is 0. The van der Waals surface area contributed by atoms with Crippen molar-refractivity contribution in [2.24, 2.45) is 4.99 Å². The normalized spacial score (nSPS) is 23.2. The van der Waals surface area contributed by atoms with E-state index in [1.807, 2.05) is 6.92 Å². The standard InChI is InChI=1S/C19H27F2N3O2.HI/c1-2-22-19(23-8-7-14-5-6-15(20)12-16(14)21)24-9-11-26-18(13-24)17-4-3-10-25-17;/h5-6,12,17-18H,2-4,7-11,13H2,1H3,(H,22,23);1H. The Labute approximate surface area is 176 Å². The molecule has 0 saturated carbocycles. The van der Waals surface area contributed by atoms with Gasteiger partial charge in [0.25, 0.3) is 0 Å². The molecule has 1 aromatic rings. The molecule has 8 heteroatoms. The number of hydrogen-bond donors (Lipinski definition) is 1. The Morgan fingerprint density at radius 3 is 2.78 bits per heavy atom. The highest BCUT2D eigenvalue weighted by molar-refractivity contribution is 14.0. The van der Waals surface area contributed by atoms with Crippen molar-refractivity contribution in [2.45, 2.75) is 38.4 Å². The molecular weight excluding hydrogens is 467 g/mol. The van der Waals surface area contributed by atoms with E-state index >= 15 is 0 Å². The Morgan fingerprint density at radius 1 is 1.26 bits per heavy atom. The molecule has 0 amide bonds. The van der Waals surface area contributed by atoms with Crippen LogP contribution in [0.3, 0.4) is 0 Å². The summed E-state index contributed by atoms with van der Waals surface area (Å²) >= 11 is 0. The molecular formula is C19H28F2IN3O2. The molecule has 1 aromatic carbocycles. The quantitative estimate of drug-likeness (QED) is 0.388. The molecule has 0 spiro atoms. The number of rotatable bonds is 5. The van der Waals surface area contributed by atoms with E-state index in [-0.39, 0.29) is 36.2 Å². The number of aliphatic imine (C=N–C) groups is 1. The number of benzene rings is 1. The highest BCUT2D eigenvalue weighted by Crippen LogP contribution is 2.21. The number of ether oxygens (including phenoxy) is 2. The van der Waals surface area contributed by atoms with Gasteiger partial charge < -0.3 is 19.7 Å². The Balaban J connectivity index is 0.00000261. The lowest BCUT2D eigenvalue weighted by Gasteiger charge is -2.37. The molecule has 2 aliphatic rings. The summed E-state index contributed by atoms with van der Waals surface area (Å²) in [4.78, 5) is 6.81. The maximum absolute atomic E-state index is 13.8. The number of nitrogens with one attached hydrogen (secondary N) is 1. The Bertz CT molecular complexity index is 627. The first kappa shape index (κ1) is 22.3. The van der Waals surface area contributed by atoms with Crippen molar-refractivity contribution in [1.29, 1.82) is 0 Å². The SMILES string of the molecule is CCNC(=NCCc1ccc(F)cc1F)N1CCOC(C2CCCO2)C1.I. The first-order valence-corrected chi connectivity index (χ1v) is 9.37. The molecule has 0 radical (unpaired) electrons. The van der Waals surface area contributed by atoms with Gasteiger partial charge in [-0.1, -0.05) is 6.07 Å². The van der Waals surface area contributed by atoms with Crippen LogP contribution in [0, 0.1) is 11.6 Å². The molecule has 2 saturated heterocycles. The van der Waals surface area contributed by atoms with E-state index in [0.29, 0.717) is 25.1 Å². The van der Waals surface area contributed by atoms with Gasteiger partial charge in [0.1, 0.15) is 17.7 Å². The second-order valence-corrected chi connectivity index (χ2v) is 6.63. The lowest BCUT2D eigenvalue weighted by atomic mass is 10.1. The number of halogens is 3. The predicted molar refractivity (Wildman–Crippen MR) is 112 cm³/mol. The zero-order valence-electron chi connectivity index (χ0n) is 15.6. The molecule has 3 rings (SSSR count). The lowest BCUT2D eigenvalue weighted by Crippen LogP contribution is -2.53. The first-order valence-electron chi connectivity index (χ1n) is 9.37. The Hall–Kier alpha value is -1.00. The number of morpholine rings is 1. The van der Waals surface area contributed by atoms with Crippen molar-refractivity contribution in [3.05, 3.63) is 35.4 Å². The van der Waals surface area contributed by atoms with Crippen LogP contribution in [0.25, 0.3) is 0 Å². The first-order chi connectivity index (χ1) is 12.7. The van der Waals surface area contributed by atoms with E-state index in [9.17, 15) is 8.78 Å². The minimum Gasteiger partial charge on any atom is -0.375 e. The molecule has 2 heterocycles. The number of nitrogens with zero attached hydrogens (tertiary/aromatic N) is 2. The molecule has 2 fully saturated rings. The molecule has 5 nitrogen and oxygen atoms in total. The van der Waals surface area contributed by atoms with Gasteiger partial charge in [-0.15, -0.1) is 24.0 Å². The maximum atomic E-state index is 13.8. The average molecular weight is 495 g/mol. The summed E-state index contributed by atoms with van der Waals surface area (Å²) in [5, 5.41) is 3.30. The molecule has 152 valence electrons. The second-order valence-electron chi connectivity index (χ2n) is 6.63. The summed E-state index contributed by atoms with van der Waals surface area (Å²) in [6.45, 7) is 6.16. The van der Waals surface area contributed by atoms with Crippen LogP contribution in [0.15, 0.2) is 23.2 Å². The van der Waals surface area contributed by atoms with Crippen LogP contribution in [0.1, 0.15) is 25.3 Å². The second kappa shape index (κ2) is 11.1. The van der Waals surface area contributed by atoms with Crippen molar-refractivity contribution in [3.8, 4) is 0 Å². The molecule has 0 bridgehead atoms. The maximum Gasteiger partial charge on any atom is 0.194 e. The number of guanidine groups is 1. The molecule has 2 atom stereocenters. The van der Waals surface area contributed by atoms with Gasteiger partial charge in [0.15, 0.2) is 5.96 Å². The van der Waals surface area contributed by atoms with E-state index < -0.39 is 11.6 Å². The van der Waals surface area contributed by atoms with Crippen LogP contribution in [-0.2, 0) is 15.9 Å². The predicted octanol–water partition coefficient (Wildman–Crippen LogP) is 2.97. The summed E-state index contributed by atoms with van der Waals surface area (Å²) in [6, 6.07) is 3.68. The van der Waals surface area contributed by atoms with Crippen LogP contribution in [-0.4, -0.2) is 62.5 Å². The van der Waals surface area contributed by atoms with Crippen LogP contribution in [0.5, 0.6) is 0 Å². The summed E-state index contributed by atoms with van der Waals surface area (Å²) in [5.74, 6) is -0.270.